The van der Waals surface area contributed by atoms with E-state index in [0.717, 1.165) is 32.7 Å². The van der Waals surface area contributed by atoms with Crippen molar-refractivity contribution in [2.45, 2.75) is 31.9 Å². The first kappa shape index (κ1) is 18.3. The van der Waals surface area contributed by atoms with Gasteiger partial charge in [-0.15, -0.1) is 0 Å². The van der Waals surface area contributed by atoms with Gasteiger partial charge in [0.25, 0.3) is 0 Å². The van der Waals surface area contributed by atoms with Gasteiger partial charge < -0.3 is 14.4 Å². The molecule has 3 heterocycles. The molecule has 2 fully saturated rings. The van der Waals surface area contributed by atoms with Crippen LogP contribution in [0.15, 0.2) is 24.5 Å². The number of carbonyl (C=O) groups is 1. The van der Waals surface area contributed by atoms with E-state index in [-0.39, 0.29) is 18.6 Å². The highest BCUT2D eigenvalue weighted by atomic mass is 16.5. The number of piperidine rings is 1. The van der Waals surface area contributed by atoms with Crippen LogP contribution in [0.25, 0.3) is 0 Å². The van der Waals surface area contributed by atoms with Crippen molar-refractivity contribution in [3.05, 3.63) is 30.1 Å². The minimum Gasteiger partial charge on any atom is -0.375 e. The van der Waals surface area contributed by atoms with Crippen LogP contribution in [-0.2, 0) is 20.8 Å². The molecule has 0 bridgehead atoms. The number of likely N-dealkylation sites (tertiary alicyclic amines) is 1. The van der Waals surface area contributed by atoms with Crippen LogP contribution in [0.2, 0.25) is 0 Å². The van der Waals surface area contributed by atoms with E-state index in [1.54, 1.807) is 19.0 Å². The first-order valence-corrected chi connectivity index (χ1v) is 9.07. The summed E-state index contributed by atoms with van der Waals surface area (Å²) in [7, 11) is 3.48. The van der Waals surface area contributed by atoms with Crippen molar-refractivity contribution in [1.29, 1.82) is 0 Å². The zero-order valence-corrected chi connectivity index (χ0v) is 15.3. The van der Waals surface area contributed by atoms with E-state index in [1.807, 2.05) is 18.5 Å². The van der Waals surface area contributed by atoms with E-state index >= 15 is 0 Å². The van der Waals surface area contributed by atoms with Crippen molar-refractivity contribution in [2.75, 3.05) is 47.0 Å². The highest BCUT2D eigenvalue weighted by molar-refractivity contribution is 5.76. The molecular weight excluding hydrogens is 318 g/mol. The number of carbonyl (C=O) groups excluding carboxylic acids is 1. The van der Waals surface area contributed by atoms with Crippen molar-refractivity contribution in [3.8, 4) is 0 Å². The number of pyridine rings is 1. The van der Waals surface area contributed by atoms with Crippen LogP contribution in [0.1, 0.15) is 24.8 Å². The van der Waals surface area contributed by atoms with Gasteiger partial charge in [-0.05, 0) is 49.4 Å². The summed E-state index contributed by atoms with van der Waals surface area (Å²) >= 11 is 0. The van der Waals surface area contributed by atoms with E-state index < -0.39 is 0 Å². The van der Waals surface area contributed by atoms with Gasteiger partial charge in [-0.3, -0.25) is 14.7 Å². The van der Waals surface area contributed by atoms with Gasteiger partial charge in [0.05, 0.1) is 19.3 Å². The molecule has 25 heavy (non-hydrogen) atoms. The quantitative estimate of drug-likeness (QED) is 0.782. The molecule has 1 atom stereocenters. The van der Waals surface area contributed by atoms with Crippen molar-refractivity contribution in [1.82, 2.24) is 14.8 Å². The second-order valence-electron chi connectivity index (χ2n) is 7.58. The van der Waals surface area contributed by atoms with Crippen molar-refractivity contribution < 1.29 is 14.3 Å². The molecule has 1 aromatic rings. The van der Waals surface area contributed by atoms with Crippen LogP contribution >= 0.6 is 0 Å². The van der Waals surface area contributed by atoms with Crippen LogP contribution in [0.5, 0.6) is 0 Å². The summed E-state index contributed by atoms with van der Waals surface area (Å²) in [5.74, 6) is -0.00331. The largest absolute Gasteiger partial charge is 0.375 e. The SMILES string of the molecule is CN(C)C(=O)COC[C@@H]1CC2(CCN(Cc3cccnc3)CC2)CO1. The Hall–Kier alpha value is -1.50. The molecule has 2 aliphatic rings. The van der Waals surface area contributed by atoms with Gasteiger partial charge in [-0.2, -0.15) is 0 Å². The molecule has 0 unspecified atom stereocenters. The maximum absolute atomic E-state index is 11.5. The molecule has 6 nitrogen and oxygen atoms in total. The van der Waals surface area contributed by atoms with E-state index in [2.05, 4.69) is 16.0 Å². The first-order chi connectivity index (χ1) is 12.1. The van der Waals surface area contributed by atoms with E-state index in [0.29, 0.717) is 12.0 Å². The van der Waals surface area contributed by atoms with Gasteiger partial charge in [0.2, 0.25) is 5.91 Å². The van der Waals surface area contributed by atoms with Crippen LogP contribution < -0.4 is 0 Å². The number of amides is 1. The van der Waals surface area contributed by atoms with Crippen LogP contribution in [-0.4, -0.2) is 73.8 Å². The number of hydrogen-bond acceptors (Lipinski definition) is 5. The Morgan fingerprint density at radius 3 is 2.92 bits per heavy atom. The fourth-order valence-electron chi connectivity index (χ4n) is 3.69. The summed E-state index contributed by atoms with van der Waals surface area (Å²) in [5, 5.41) is 0. The molecule has 1 amide bonds. The molecule has 0 aliphatic carbocycles. The van der Waals surface area contributed by atoms with Gasteiger partial charge in [0.1, 0.15) is 6.61 Å². The zero-order valence-electron chi connectivity index (χ0n) is 15.3. The number of hydrogen-bond donors (Lipinski definition) is 0. The maximum atomic E-state index is 11.5. The number of rotatable bonds is 6. The summed E-state index contributed by atoms with van der Waals surface area (Å²) in [6.45, 7) is 4.66. The van der Waals surface area contributed by atoms with E-state index in [9.17, 15) is 4.79 Å². The topological polar surface area (TPSA) is 54.9 Å². The van der Waals surface area contributed by atoms with Gasteiger partial charge in [-0.25, -0.2) is 0 Å². The Kier molecular flexibility index (Phi) is 6.04. The standard InChI is InChI=1S/C19H29N3O3/c1-21(2)18(23)14-24-13-17-10-19(15-25-17)5-8-22(9-6-19)12-16-4-3-7-20-11-16/h3-4,7,11,17H,5-6,8-10,12-15H2,1-2H3/t17-/m0/s1. The average molecular weight is 347 g/mol. The van der Waals surface area contributed by atoms with Gasteiger partial charge in [0, 0.05) is 33.0 Å². The number of likely N-dealkylation sites (N-methyl/N-ethyl adjacent to an activating group) is 1. The minimum atomic E-state index is -0.00331. The molecule has 0 saturated carbocycles. The lowest BCUT2D eigenvalue weighted by atomic mass is 9.76. The molecule has 6 heteroatoms. The molecular formula is C19H29N3O3. The Balaban J connectivity index is 1.39. The Morgan fingerprint density at radius 2 is 2.24 bits per heavy atom. The summed E-state index contributed by atoms with van der Waals surface area (Å²) in [6, 6.07) is 4.13. The lowest BCUT2D eigenvalue weighted by Crippen LogP contribution is -2.40. The third-order valence-electron chi connectivity index (χ3n) is 5.36. The Bertz CT molecular complexity index is 556. The molecule has 0 radical (unpaired) electrons. The third-order valence-corrected chi connectivity index (χ3v) is 5.36. The summed E-state index contributed by atoms with van der Waals surface area (Å²) < 4.78 is 11.5. The molecule has 1 spiro atoms. The summed E-state index contributed by atoms with van der Waals surface area (Å²) in [4.78, 5) is 19.8. The number of ether oxygens (including phenoxy) is 2. The molecule has 2 saturated heterocycles. The second-order valence-corrected chi connectivity index (χ2v) is 7.58. The molecule has 1 aromatic heterocycles. The predicted molar refractivity (Wildman–Crippen MR) is 95.1 cm³/mol. The highest BCUT2D eigenvalue weighted by Gasteiger charge is 2.42. The highest BCUT2D eigenvalue weighted by Crippen LogP contribution is 2.42. The molecule has 138 valence electrons. The Labute approximate surface area is 150 Å². The molecule has 0 N–H and O–H groups in total. The van der Waals surface area contributed by atoms with E-state index in [1.165, 1.54) is 18.4 Å². The second kappa shape index (κ2) is 8.25. The van der Waals surface area contributed by atoms with Gasteiger partial charge >= 0.3 is 0 Å². The first-order valence-electron chi connectivity index (χ1n) is 9.07. The number of nitrogens with zero attached hydrogens (tertiary/aromatic N) is 3. The lowest BCUT2D eigenvalue weighted by molar-refractivity contribution is -0.134. The number of aromatic nitrogens is 1. The van der Waals surface area contributed by atoms with E-state index in [4.69, 9.17) is 9.47 Å². The van der Waals surface area contributed by atoms with Crippen LogP contribution in [0.3, 0.4) is 0 Å². The monoisotopic (exact) mass is 347 g/mol. The fraction of sp³-hybridized carbons (Fsp3) is 0.684. The third kappa shape index (κ3) is 5.00. The van der Waals surface area contributed by atoms with Crippen LogP contribution in [0.4, 0.5) is 0 Å². The van der Waals surface area contributed by atoms with Crippen molar-refractivity contribution >= 4 is 5.91 Å². The fourth-order valence-corrected chi connectivity index (χ4v) is 3.69. The average Bonchev–Trinajstić information content (AvgIpc) is 3.01. The molecule has 0 aromatic carbocycles. The van der Waals surface area contributed by atoms with Crippen molar-refractivity contribution in [2.24, 2.45) is 5.41 Å². The minimum absolute atomic E-state index is 0.00331. The predicted octanol–water partition coefficient (Wildman–Crippen LogP) is 1.56. The van der Waals surface area contributed by atoms with Crippen molar-refractivity contribution in [3.63, 3.8) is 0 Å². The van der Waals surface area contributed by atoms with Gasteiger partial charge in [0.15, 0.2) is 0 Å². The normalized spacial score (nSPS) is 23.0. The Morgan fingerprint density at radius 1 is 1.44 bits per heavy atom. The van der Waals surface area contributed by atoms with Gasteiger partial charge in [-0.1, -0.05) is 6.07 Å². The van der Waals surface area contributed by atoms with Crippen LogP contribution in [0, 0.1) is 5.41 Å². The summed E-state index contributed by atoms with van der Waals surface area (Å²) in [6.07, 6.45) is 7.27. The lowest BCUT2D eigenvalue weighted by Gasteiger charge is -2.38. The summed E-state index contributed by atoms with van der Waals surface area (Å²) in [5.41, 5.74) is 1.57. The molecule has 2 aliphatic heterocycles. The smallest absolute Gasteiger partial charge is 0.248 e. The molecule has 3 rings (SSSR count). The zero-order chi connectivity index (χ0) is 17.7. The maximum Gasteiger partial charge on any atom is 0.248 e.